The monoisotopic (exact) mass is 427 g/mol. The molecule has 2 aromatic carbocycles. The summed E-state index contributed by atoms with van der Waals surface area (Å²) in [5.74, 6) is 0. The number of benzene rings is 2. The third-order valence-corrected chi connectivity index (χ3v) is 6.84. The van der Waals surface area contributed by atoms with Gasteiger partial charge in [0.2, 0.25) is 10.0 Å². The van der Waals surface area contributed by atoms with E-state index in [9.17, 15) is 21.6 Å². The van der Waals surface area contributed by atoms with Gasteiger partial charge in [-0.05, 0) is 77.6 Å². The number of nitrogens with two attached hydrogens (primary N) is 1. The van der Waals surface area contributed by atoms with Crippen LogP contribution in [-0.2, 0) is 16.2 Å². The van der Waals surface area contributed by atoms with Gasteiger partial charge in [0.25, 0.3) is 0 Å². The third-order valence-electron chi connectivity index (χ3n) is 5.58. The summed E-state index contributed by atoms with van der Waals surface area (Å²) < 4.78 is 62.8. The highest BCUT2D eigenvalue weighted by atomic mass is 35.5. The number of alkyl halides is 3. The Morgan fingerprint density at radius 2 is 1.46 bits per heavy atom. The van der Waals surface area contributed by atoms with Gasteiger partial charge in [0, 0.05) is 0 Å². The number of rotatable bonds is 3. The van der Waals surface area contributed by atoms with E-state index in [4.69, 9.17) is 16.7 Å². The first-order chi connectivity index (χ1) is 13.0. The summed E-state index contributed by atoms with van der Waals surface area (Å²) in [7, 11) is -3.80. The summed E-state index contributed by atoms with van der Waals surface area (Å²) in [6.07, 6.45) is -0.982. The van der Waals surface area contributed by atoms with Crippen molar-refractivity contribution in [2.24, 2.45) is 10.6 Å². The molecule has 0 atom stereocenters. The fourth-order valence-electron chi connectivity index (χ4n) is 3.88. The average molecular weight is 428 g/mol. The van der Waals surface area contributed by atoms with Crippen molar-refractivity contribution < 1.29 is 21.6 Å². The molecule has 8 heteroatoms. The largest absolute Gasteiger partial charge is 0.417 e. The molecule has 148 valence electrons. The first-order valence-electron chi connectivity index (χ1n) is 8.71. The van der Waals surface area contributed by atoms with Crippen molar-refractivity contribution >= 4 is 32.8 Å². The molecule has 28 heavy (non-hydrogen) atoms. The highest BCUT2D eigenvalue weighted by Gasteiger charge is 2.48. The average Bonchev–Trinajstić information content (AvgIpc) is 3.25. The van der Waals surface area contributed by atoms with Gasteiger partial charge in [-0.15, -0.1) is 0 Å². The van der Waals surface area contributed by atoms with Crippen molar-refractivity contribution in [2.45, 2.75) is 36.8 Å². The maximum atomic E-state index is 13.3. The minimum atomic E-state index is -4.53. The lowest BCUT2D eigenvalue weighted by molar-refractivity contribution is -0.137. The second-order valence-corrected chi connectivity index (χ2v) is 9.54. The Balaban J connectivity index is 1.81. The van der Waals surface area contributed by atoms with Crippen molar-refractivity contribution in [1.29, 1.82) is 0 Å². The van der Waals surface area contributed by atoms with Crippen molar-refractivity contribution in [2.75, 3.05) is 0 Å². The third kappa shape index (κ3) is 3.58. The van der Waals surface area contributed by atoms with E-state index in [-0.39, 0.29) is 15.3 Å². The van der Waals surface area contributed by atoms with Gasteiger partial charge < -0.3 is 0 Å². The molecule has 0 aromatic heterocycles. The first-order valence-corrected chi connectivity index (χ1v) is 10.6. The number of halogens is 4. The molecular formula is C20H17ClF3NO2S. The Kier molecular flexibility index (Phi) is 4.41. The quantitative estimate of drug-likeness (QED) is 0.703. The lowest BCUT2D eigenvalue weighted by atomic mass is 9.96. The smallest absolute Gasteiger partial charge is 0.225 e. The van der Waals surface area contributed by atoms with Gasteiger partial charge in [0.15, 0.2) is 0 Å². The Morgan fingerprint density at radius 1 is 0.929 bits per heavy atom. The molecule has 0 radical (unpaired) electrons. The second-order valence-electron chi connectivity index (χ2n) is 7.57. The molecule has 0 aliphatic heterocycles. The second kappa shape index (κ2) is 6.34. The number of allylic oxidation sites excluding steroid dienone is 2. The van der Waals surface area contributed by atoms with E-state index in [1.54, 1.807) is 18.2 Å². The summed E-state index contributed by atoms with van der Waals surface area (Å²) in [6, 6.07) is 10.2. The zero-order valence-electron chi connectivity index (χ0n) is 14.7. The summed E-state index contributed by atoms with van der Waals surface area (Å²) in [5.41, 5.74) is 2.39. The molecular weight excluding hydrogens is 411 g/mol. The van der Waals surface area contributed by atoms with Gasteiger partial charge in [-0.25, -0.2) is 13.6 Å². The van der Waals surface area contributed by atoms with Crippen molar-refractivity contribution in [1.82, 2.24) is 0 Å². The molecule has 1 fully saturated rings. The molecule has 3 nitrogen and oxygen atoms in total. The zero-order chi connectivity index (χ0) is 20.3. The lowest BCUT2D eigenvalue weighted by Crippen LogP contribution is -2.11. The minimum absolute atomic E-state index is 0.00313. The summed E-state index contributed by atoms with van der Waals surface area (Å²) in [4.78, 5) is 0.00313. The summed E-state index contributed by atoms with van der Waals surface area (Å²) in [6.45, 7) is 0. The van der Waals surface area contributed by atoms with Crippen LogP contribution in [-0.4, -0.2) is 8.42 Å². The van der Waals surface area contributed by atoms with Gasteiger partial charge in [-0.1, -0.05) is 29.8 Å². The van der Waals surface area contributed by atoms with Crippen molar-refractivity contribution in [3.8, 4) is 0 Å². The Hall–Kier alpha value is -1.83. The SMILES string of the molecule is NS(=O)(=O)c1ccc(C2=C(c3ccc(Cl)c(C(F)(F)F)c3)CC3(CC3)C2)cc1. The predicted molar refractivity (Wildman–Crippen MR) is 102 cm³/mol. The van der Waals surface area contributed by atoms with Crippen LogP contribution in [0.15, 0.2) is 47.4 Å². The fourth-order valence-corrected chi connectivity index (χ4v) is 4.62. The van der Waals surface area contributed by atoms with E-state index in [1.165, 1.54) is 18.2 Å². The highest BCUT2D eigenvalue weighted by molar-refractivity contribution is 7.89. The van der Waals surface area contributed by atoms with Crippen LogP contribution in [0.3, 0.4) is 0 Å². The van der Waals surface area contributed by atoms with Crippen LogP contribution in [0.1, 0.15) is 42.4 Å². The maximum Gasteiger partial charge on any atom is 0.417 e. The number of hydrogen-bond acceptors (Lipinski definition) is 2. The van der Waals surface area contributed by atoms with Gasteiger partial charge >= 0.3 is 6.18 Å². The maximum absolute atomic E-state index is 13.3. The topological polar surface area (TPSA) is 60.2 Å². The van der Waals surface area contributed by atoms with E-state index in [0.717, 1.165) is 42.0 Å². The van der Waals surface area contributed by atoms with Crippen LogP contribution in [0.2, 0.25) is 5.02 Å². The van der Waals surface area contributed by atoms with Gasteiger partial charge in [-0.3, -0.25) is 0 Å². The van der Waals surface area contributed by atoms with E-state index < -0.39 is 21.8 Å². The molecule has 2 N–H and O–H groups in total. The van der Waals surface area contributed by atoms with E-state index in [2.05, 4.69) is 0 Å². The van der Waals surface area contributed by atoms with Gasteiger partial charge in [0.05, 0.1) is 15.5 Å². The van der Waals surface area contributed by atoms with Crippen LogP contribution < -0.4 is 5.14 Å². The lowest BCUT2D eigenvalue weighted by Gasteiger charge is -2.13. The molecule has 2 aliphatic carbocycles. The number of primary sulfonamides is 1. The first kappa shape index (κ1) is 19.5. The normalized spacial score (nSPS) is 18.8. The van der Waals surface area contributed by atoms with Crippen LogP contribution in [0.5, 0.6) is 0 Å². The Morgan fingerprint density at radius 3 is 1.96 bits per heavy atom. The Labute approximate surface area is 166 Å². The minimum Gasteiger partial charge on any atom is -0.225 e. The molecule has 0 heterocycles. The number of sulfonamides is 1. The van der Waals surface area contributed by atoms with Crippen molar-refractivity contribution in [3.63, 3.8) is 0 Å². The van der Waals surface area contributed by atoms with Crippen LogP contribution in [0.4, 0.5) is 13.2 Å². The molecule has 1 spiro atoms. The summed E-state index contributed by atoms with van der Waals surface area (Å²) in [5, 5.41) is 4.82. The van der Waals surface area contributed by atoms with Crippen LogP contribution in [0, 0.1) is 5.41 Å². The van der Waals surface area contributed by atoms with Crippen LogP contribution in [0.25, 0.3) is 11.1 Å². The van der Waals surface area contributed by atoms with Crippen molar-refractivity contribution in [3.05, 3.63) is 64.2 Å². The molecule has 0 unspecified atom stereocenters. The molecule has 0 bridgehead atoms. The molecule has 2 aliphatic rings. The molecule has 2 aromatic rings. The Bertz CT molecular complexity index is 1090. The number of hydrogen-bond donors (Lipinski definition) is 1. The molecule has 4 rings (SSSR count). The fraction of sp³-hybridized carbons (Fsp3) is 0.300. The zero-order valence-corrected chi connectivity index (χ0v) is 16.3. The van der Waals surface area contributed by atoms with E-state index in [1.807, 2.05) is 0 Å². The molecule has 1 saturated carbocycles. The molecule has 0 amide bonds. The molecule has 0 saturated heterocycles. The predicted octanol–water partition coefficient (Wildman–Crippen LogP) is 5.49. The van der Waals surface area contributed by atoms with E-state index in [0.29, 0.717) is 12.0 Å². The highest BCUT2D eigenvalue weighted by Crippen LogP contribution is 2.63. The van der Waals surface area contributed by atoms with E-state index >= 15 is 0 Å². The van der Waals surface area contributed by atoms with Gasteiger partial charge in [-0.2, -0.15) is 13.2 Å². The standard InChI is InChI=1S/C20H17ClF3NO2S/c21-18-6-3-13(9-17(18)20(22,23)24)16-11-19(7-8-19)10-15(16)12-1-4-14(5-2-12)28(25,26)27/h1-6,9H,7-8,10-11H2,(H2,25,26,27). The summed E-state index contributed by atoms with van der Waals surface area (Å²) >= 11 is 5.76. The van der Waals surface area contributed by atoms with Gasteiger partial charge in [0.1, 0.15) is 0 Å². The van der Waals surface area contributed by atoms with Crippen LogP contribution >= 0.6 is 11.6 Å².